The van der Waals surface area contributed by atoms with Crippen LogP contribution < -0.4 is 5.32 Å². The van der Waals surface area contributed by atoms with Crippen molar-refractivity contribution in [3.8, 4) is 0 Å². The standard InChI is InChI=1S/C14H18FN3/c1-11(14-17-8-9-18(14)2)16-7-6-12-4-3-5-13(15)10-12/h3-5,8-11,16H,6-7H2,1-2H3. The number of rotatable bonds is 5. The molecule has 0 aliphatic rings. The Kier molecular flexibility index (Phi) is 4.10. The number of aryl methyl sites for hydroxylation is 1. The highest BCUT2D eigenvalue weighted by Gasteiger charge is 2.08. The van der Waals surface area contributed by atoms with E-state index in [0.29, 0.717) is 0 Å². The van der Waals surface area contributed by atoms with Crippen LogP contribution in [0.25, 0.3) is 0 Å². The van der Waals surface area contributed by atoms with E-state index in [4.69, 9.17) is 0 Å². The average Bonchev–Trinajstić information content (AvgIpc) is 2.75. The van der Waals surface area contributed by atoms with Crippen molar-refractivity contribution in [2.75, 3.05) is 6.54 Å². The molecule has 0 bridgehead atoms. The first-order valence-corrected chi connectivity index (χ1v) is 6.12. The van der Waals surface area contributed by atoms with Gasteiger partial charge in [0.25, 0.3) is 0 Å². The molecule has 1 atom stereocenters. The molecular formula is C14H18FN3. The van der Waals surface area contributed by atoms with Gasteiger partial charge in [0.1, 0.15) is 11.6 Å². The van der Waals surface area contributed by atoms with Crippen LogP contribution in [0.3, 0.4) is 0 Å². The van der Waals surface area contributed by atoms with Crippen molar-refractivity contribution in [1.29, 1.82) is 0 Å². The molecule has 18 heavy (non-hydrogen) atoms. The van der Waals surface area contributed by atoms with Gasteiger partial charge in [-0.15, -0.1) is 0 Å². The third-order valence-electron chi connectivity index (χ3n) is 3.00. The number of halogens is 1. The molecule has 0 aliphatic heterocycles. The Balaban J connectivity index is 1.84. The third-order valence-corrected chi connectivity index (χ3v) is 3.00. The van der Waals surface area contributed by atoms with Crippen molar-refractivity contribution in [2.24, 2.45) is 7.05 Å². The van der Waals surface area contributed by atoms with Crippen LogP contribution in [0.1, 0.15) is 24.4 Å². The lowest BCUT2D eigenvalue weighted by atomic mass is 10.1. The summed E-state index contributed by atoms with van der Waals surface area (Å²) in [6.45, 7) is 2.88. The highest BCUT2D eigenvalue weighted by molar-refractivity contribution is 5.16. The van der Waals surface area contributed by atoms with Gasteiger partial charge in [-0.25, -0.2) is 9.37 Å². The van der Waals surface area contributed by atoms with E-state index in [2.05, 4.69) is 17.2 Å². The fourth-order valence-corrected chi connectivity index (χ4v) is 2.01. The van der Waals surface area contributed by atoms with Gasteiger partial charge in [-0.1, -0.05) is 12.1 Å². The Morgan fingerprint density at radius 2 is 2.28 bits per heavy atom. The highest BCUT2D eigenvalue weighted by atomic mass is 19.1. The zero-order valence-corrected chi connectivity index (χ0v) is 10.7. The van der Waals surface area contributed by atoms with Gasteiger partial charge in [-0.2, -0.15) is 0 Å². The van der Waals surface area contributed by atoms with Crippen molar-refractivity contribution in [1.82, 2.24) is 14.9 Å². The number of aromatic nitrogens is 2. The lowest BCUT2D eigenvalue weighted by molar-refractivity contribution is 0.532. The van der Waals surface area contributed by atoms with Gasteiger partial charge >= 0.3 is 0 Å². The summed E-state index contributed by atoms with van der Waals surface area (Å²) in [5.74, 6) is 0.832. The molecule has 1 heterocycles. The predicted octanol–water partition coefficient (Wildman–Crippen LogP) is 2.45. The maximum atomic E-state index is 13.0. The molecule has 0 fully saturated rings. The van der Waals surface area contributed by atoms with Crippen LogP contribution in [0.5, 0.6) is 0 Å². The molecule has 1 unspecified atom stereocenters. The maximum Gasteiger partial charge on any atom is 0.125 e. The zero-order chi connectivity index (χ0) is 13.0. The van der Waals surface area contributed by atoms with Crippen LogP contribution >= 0.6 is 0 Å². The van der Waals surface area contributed by atoms with E-state index in [0.717, 1.165) is 24.4 Å². The molecule has 2 aromatic rings. The van der Waals surface area contributed by atoms with Crippen LogP contribution in [-0.4, -0.2) is 16.1 Å². The number of nitrogens with one attached hydrogen (secondary N) is 1. The zero-order valence-electron chi connectivity index (χ0n) is 10.7. The normalized spacial score (nSPS) is 12.6. The third kappa shape index (κ3) is 3.17. The first-order chi connectivity index (χ1) is 8.66. The second-order valence-electron chi connectivity index (χ2n) is 4.45. The summed E-state index contributed by atoms with van der Waals surface area (Å²) in [5.41, 5.74) is 1.01. The van der Waals surface area contributed by atoms with E-state index in [9.17, 15) is 4.39 Å². The van der Waals surface area contributed by atoms with E-state index < -0.39 is 0 Å². The molecular weight excluding hydrogens is 229 g/mol. The van der Waals surface area contributed by atoms with Gasteiger partial charge in [0.05, 0.1) is 6.04 Å². The fraction of sp³-hybridized carbons (Fsp3) is 0.357. The Hall–Kier alpha value is -1.68. The molecule has 0 saturated carbocycles. The minimum Gasteiger partial charge on any atom is -0.337 e. The lowest BCUT2D eigenvalue weighted by Gasteiger charge is -2.13. The minimum atomic E-state index is -0.176. The summed E-state index contributed by atoms with van der Waals surface area (Å²) >= 11 is 0. The first-order valence-electron chi connectivity index (χ1n) is 6.12. The molecule has 1 aromatic heterocycles. The molecule has 4 heteroatoms. The number of benzene rings is 1. The van der Waals surface area contributed by atoms with Crippen molar-refractivity contribution in [3.05, 3.63) is 53.9 Å². The van der Waals surface area contributed by atoms with Crippen LogP contribution in [0.15, 0.2) is 36.7 Å². The van der Waals surface area contributed by atoms with Crippen molar-refractivity contribution in [3.63, 3.8) is 0 Å². The Bertz CT molecular complexity index is 507. The van der Waals surface area contributed by atoms with Gasteiger partial charge in [0.2, 0.25) is 0 Å². The van der Waals surface area contributed by atoms with E-state index in [1.165, 1.54) is 6.07 Å². The van der Waals surface area contributed by atoms with Crippen LogP contribution in [-0.2, 0) is 13.5 Å². The Morgan fingerprint density at radius 1 is 1.44 bits per heavy atom. The average molecular weight is 247 g/mol. The SMILES string of the molecule is CC(NCCc1cccc(F)c1)c1nccn1C. The smallest absolute Gasteiger partial charge is 0.125 e. The van der Waals surface area contributed by atoms with E-state index >= 15 is 0 Å². The van der Waals surface area contributed by atoms with Crippen LogP contribution in [0.2, 0.25) is 0 Å². The number of hydrogen-bond acceptors (Lipinski definition) is 2. The maximum absolute atomic E-state index is 13.0. The quantitative estimate of drug-likeness (QED) is 0.879. The molecule has 1 aromatic carbocycles. The summed E-state index contributed by atoms with van der Waals surface area (Å²) in [6.07, 6.45) is 4.53. The molecule has 0 amide bonds. The monoisotopic (exact) mass is 247 g/mol. The number of nitrogens with zero attached hydrogens (tertiary/aromatic N) is 2. The topological polar surface area (TPSA) is 29.9 Å². The fourth-order valence-electron chi connectivity index (χ4n) is 2.01. The second kappa shape index (κ2) is 5.78. The lowest BCUT2D eigenvalue weighted by Crippen LogP contribution is -2.23. The largest absolute Gasteiger partial charge is 0.337 e. The molecule has 0 spiro atoms. The molecule has 2 rings (SSSR count). The summed E-state index contributed by atoms with van der Waals surface area (Å²) in [4.78, 5) is 4.30. The summed E-state index contributed by atoms with van der Waals surface area (Å²) in [7, 11) is 1.98. The second-order valence-corrected chi connectivity index (χ2v) is 4.45. The molecule has 0 radical (unpaired) electrons. The summed E-state index contributed by atoms with van der Waals surface area (Å²) in [6, 6.07) is 6.92. The van der Waals surface area contributed by atoms with Gasteiger partial charge < -0.3 is 9.88 Å². The van der Waals surface area contributed by atoms with E-state index in [-0.39, 0.29) is 11.9 Å². The van der Waals surface area contributed by atoms with Crippen molar-refractivity contribution in [2.45, 2.75) is 19.4 Å². The molecule has 1 N–H and O–H groups in total. The van der Waals surface area contributed by atoms with Crippen LogP contribution in [0, 0.1) is 5.82 Å². The molecule has 96 valence electrons. The summed E-state index contributed by atoms with van der Waals surface area (Å²) in [5, 5.41) is 3.39. The minimum absolute atomic E-state index is 0.176. The number of imidazole rings is 1. The predicted molar refractivity (Wildman–Crippen MR) is 69.7 cm³/mol. The Labute approximate surface area is 107 Å². The number of hydrogen-bond donors (Lipinski definition) is 1. The molecule has 0 saturated heterocycles. The highest BCUT2D eigenvalue weighted by Crippen LogP contribution is 2.09. The molecule has 0 aliphatic carbocycles. The van der Waals surface area contributed by atoms with Gasteiger partial charge in [0.15, 0.2) is 0 Å². The van der Waals surface area contributed by atoms with E-state index in [1.54, 1.807) is 18.3 Å². The summed E-state index contributed by atoms with van der Waals surface area (Å²) < 4.78 is 15.0. The van der Waals surface area contributed by atoms with Crippen molar-refractivity contribution < 1.29 is 4.39 Å². The molecule has 3 nitrogen and oxygen atoms in total. The van der Waals surface area contributed by atoms with E-state index in [1.807, 2.05) is 23.9 Å². The van der Waals surface area contributed by atoms with Crippen molar-refractivity contribution >= 4 is 0 Å². The van der Waals surface area contributed by atoms with Crippen LogP contribution in [0.4, 0.5) is 4.39 Å². The first kappa shape index (κ1) is 12.8. The van der Waals surface area contributed by atoms with Gasteiger partial charge in [-0.3, -0.25) is 0 Å². The van der Waals surface area contributed by atoms with Gasteiger partial charge in [0, 0.05) is 19.4 Å². The van der Waals surface area contributed by atoms with Gasteiger partial charge in [-0.05, 0) is 37.6 Å². The Morgan fingerprint density at radius 3 is 2.94 bits per heavy atom.